The van der Waals surface area contributed by atoms with Crippen molar-refractivity contribution in [3.05, 3.63) is 70.4 Å². The summed E-state index contributed by atoms with van der Waals surface area (Å²) in [6.07, 6.45) is 0. The van der Waals surface area contributed by atoms with Crippen molar-refractivity contribution in [3.63, 3.8) is 0 Å². The van der Waals surface area contributed by atoms with Crippen molar-refractivity contribution >= 4 is 35.1 Å². The number of hydrogen-bond acceptors (Lipinski definition) is 4. The topological polar surface area (TPSA) is 56.1 Å². The molecule has 0 radical (unpaired) electrons. The molecule has 1 unspecified atom stereocenters. The van der Waals surface area contributed by atoms with Crippen molar-refractivity contribution < 1.29 is 9.53 Å². The maximum Gasteiger partial charge on any atom is 0.235 e. The molecule has 3 aromatic rings. The van der Waals surface area contributed by atoms with E-state index in [2.05, 4.69) is 5.32 Å². The number of amides is 1. The van der Waals surface area contributed by atoms with Gasteiger partial charge in [-0.05, 0) is 37.3 Å². The van der Waals surface area contributed by atoms with Gasteiger partial charge >= 0.3 is 0 Å². The summed E-state index contributed by atoms with van der Waals surface area (Å²) in [7, 11) is 1.66. The Balaban J connectivity index is 1.90. The first-order valence-electron chi connectivity index (χ1n) is 8.48. The van der Waals surface area contributed by atoms with Crippen molar-refractivity contribution in [2.45, 2.75) is 12.2 Å². The number of carbonyl (C=O) groups is 1. The summed E-state index contributed by atoms with van der Waals surface area (Å²) in [5.74, 6) is 1.81. The molecule has 2 aromatic carbocycles. The lowest BCUT2D eigenvalue weighted by Gasteiger charge is -2.18. The average Bonchev–Trinajstić information content (AvgIpc) is 2.88. The Bertz CT molecular complexity index is 1000. The SMILES string of the molecule is COc1ccccc1C1SCC(=O)Nc2c1c(C)nn2-c1ccc(Cl)cc1. The first-order chi connectivity index (χ1) is 13.1. The van der Waals surface area contributed by atoms with Gasteiger partial charge in [-0.2, -0.15) is 5.10 Å². The van der Waals surface area contributed by atoms with E-state index in [9.17, 15) is 4.79 Å². The first-order valence-corrected chi connectivity index (χ1v) is 9.91. The van der Waals surface area contributed by atoms with Crippen LogP contribution in [-0.2, 0) is 4.79 Å². The van der Waals surface area contributed by atoms with E-state index < -0.39 is 0 Å². The molecule has 0 aliphatic carbocycles. The molecule has 1 aromatic heterocycles. The van der Waals surface area contributed by atoms with Gasteiger partial charge < -0.3 is 10.1 Å². The monoisotopic (exact) mass is 399 g/mol. The fourth-order valence-electron chi connectivity index (χ4n) is 3.28. The van der Waals surface area contributed by atoms with Gasteiger partial charge in [0.15, 0.2) is 0 Å². The first kappa shape index (κ1) is 17.9. The van der Waals surface area contributed by atoms with Gasteiger partial charge in [-0.15, -0.1) is 11.8 Å². The zero-order valence-corrected chi connectivity index (χ0v) is 16.5. The number of aromatic nitrogens is 2. The van der Waals surface area contributed by atoms with Crippen molar-refractivity contribution in [3.8, 4) is 11.4 Å². The van der Waals surface area contributed by atoms with Crippen molar-refractivity contribution in [1.29, 1.82) is 0 Å². The lowest BCUT2D eigenvalue weighted by molar-refractivity contribution is -0.113. The van der Waals surface area contributed by atoms with Crippen LogP contribution in [0, 0.1) is 6.92 Å². The van der Waals surface area contributed by atoms with E-state index in [0.29, 0.717) is 16.6 Å². The van der Waals surface area contributed by atoms with Gasteiger partial charge in [0.2, 0.25) is 5.91 Å². The Hall–Kier alpha value is -2.44. The fraction of sp³-hybridized carbons (Fsp3) is 0.200. The second-order valence-corrected chi connectivity index (χ2v) is 7.75. The van der Waals surface area contributed by atoms with Crippen LogP contribution in [0.4, 0.5) is 5.82 Å². The summed E-state index contributed by atoms with van der Waals surface area (Å²) >= 11 is 7.59. The van der Waals surface area contributed by atoms with Crippen molar-refractivity contribution in [2.75, 3.05) is 18.2 Å². The molecule has 0 saturated carbocycles. The van der Waals surface area contributed by atoms with Gasteiger partial charge in [-0.3, -0.25) is 4.79 Å². The van der Waals surface area contributed by atoms with Gasteiger partial charge in [-0.1, -0.05) is 29.8 Å². The molecular weight excluding hydrogens is 382 g/mol. The molecule has 5 nitrogen and oxygen atoms in total. The predicted octanol–water partition coefficient (Wildman–Crippen LogP) is 4.62. The van der Waals surface area contributed by atoms with Crippen LogP contribution in [0.3, 0.4) is 0 Å². The fourth-order valence-corrected chi connectivity index (χ4v) is 4.62. The molecule has 2 heterocycles. The maximum absolute atomic E-state index is 12.4. The molecular formula is C20H18ClN3O2S. The number of ether oxygens (including phenoxy) is 1. The van der Waals surface area contributed by atoms with Gasteiger partial charge in [0.05, 0.1) is 29.5 Å². The number of aryl methyl sites for hydroxylation is 1. The van der Waals surface area contributed by atoms with E-state index in [-0.39, 0.29) is 11.2 Å². The van der Waals surface area contributed by atoms with Crippen LogP contribution in [0.5, 0.6) is 5.75 Å². The van der Waals surface area contributed by atoms with Crippen LogP contribution >= 0.6 is 23.4 Å². The molecule has 1 N–H and O–H groups in total. The molecule has 0 bridgehead atoms. The van der Waals surface area contributed by atoms with Crippen LogP contribution in [-0.4, -0.2) is 28.6 Å². The lowest BCUT2D eigenvalue weighted by atomic mass is 10.0. The standard InChI is InChI=1S/C20H18ClN3O2S/c1-12-18-19(15-5-3-4-6-16(15)26-2)27-11-17(25)22-20(18)24(23-12)14-9-7-13(21)8-10-14/h3-10,19H,11H2,1-2H3,(H,22,25). The number of nitrogens with zero attached hydrogens (tertiary/aromatic N) is 2. The number of para-hydroxylation sites is 1. The normalized spacial score (nSPS) is 16.4. The third kappa shape index (κ3) is 3.31. The number of halogens is 1. The Morgan fingerprint density at radius 1 is 1.22 bits per heavy atom. The Morgan fingerprint density at radius 2 is 1.96 bits per heavy atom. The van der Waals surface area contributed by atoms with E-state index in [1.54, 1.807) is 23.6 Å². The molecule has 7 heteroatoms. The Labute approximate surface area is 166 Å². The van der Waals surface area contributed by atoms with Crippen LogP contribution in [0.15, 0.2) is 48.5 Å². The molecule has 0 spiro atoms. The van der Waals surface area contributed by atoms with Gasteiger partial charge in [0.25, 0.3) is 0 Å². The summed E-state index contributed by atoms with van der Waals surface area (Å²) in [6, 6.07) is 15.3. The van der Waals surface area contributed by atoms with Crippen molar-refractivity contribution in [1.82, 2.24) is 9.78 Å². The Kier molecular flexibility index (Phi) is 4.85. The smallest absolute Gasteiger partial charge is 0.235 e. The zero-order valence-electron chi connectivity index (χ0n) is 14.9. The molecule has 1 atom stereocenters. The van der Waals surface area contributed by atoms with Gasteiger partial charge in [0.1, 0.15) is 11.6 Å². The quantitative estimate of drug-likeness (QED) is 0.698. The molecule has 27 heavy (non-hydrogen) atoms. The molecule has 1 aliphatic rings. The minimum absolute atomic E-state index is 0.0474. The minimum Gasteiger partial charge on any atom is -0.496 e. The maximum atomic E-state index is 12.4. The van der Waals surface area contributed by atoms with Crippen LogP contribution in [0.2, 0.25) is 5.02 Å². The number of nitrogens with one attached hydrogen (secondary N) is 1. The number of carbonyl (C=O) groups excluding carboxylic acids is 1. The van der Waals surface area contributed by atoms with Crippen molar-refractivity contribution in [2.24, 2.45) is 0 Å². The third-order valence-electron chi connectivity index (χ3n) is 4.50. The van der Waals surface area contributed by atoms with Gasteiger partial charge in [-0.25, -0.2) is 4.68 Å². The molecule has 138 valence electrons. The number of fused-ring (bicyclic) bond motifs is 1. The molecule has 1 aliphatic heterocycles. The number of rotatable bonds is 3. The van der Waals surface area contributed by atoms with Crippen LogP contribution < -0.4 is 10.1 Å². The summed E-state index contributed by atoms with van der Waals surface area (Å²) in [4.78, 5) is 12.4. The number of hydrogen-bond donors (Lipinski definition) is 1. The highest BCUT2D eigenvalue weighted by atomic mass is 35.5. The highest BCUT2D eigenvalue weighted by Crippen LogP contribution is 2.46. The molecule has 0 fully saturated rings. The van der Waals surface area contributed by atoms with E-state index >= 15 is 0 Å². The molecule has 1 amide bonds. The second-order valence-electron chi connectivity index (χ2n) is 6.22. The highest BCUT2D eigenvalue weighted by Gasteiger charge is 2.32. The zero-order chi connectivity index (χ0) is 19.0. The number of anilines is 1. The summed E-state index contributed by atoms with van der Waals surface area (Å²) in [5, 5.41) is 8.33. The number of methoxy groups -OCH3 is 1. The molecule has 4 rings (SSSR count). The van der Waals surface area contributed by atoms with E-state index in [0.717, 1.165) is 28.3 Å². The van der Waals surface area contributed by atoms with E-state index in [1.807, 2.05) is 55.5 Å². The summed E-state index contributed by atoms with van der Waals surface area (Å²) in [6.45, 7) is 1.96. The minimum atomic E-state index is -0.0591. The van der Waals surface area contributed by atoms with Crippen LogP contribution in [0.1, 0.15) is 22.1 Å². The average molecular weight is 400 g/mol. The van der Waals surface area contributed by atoms with Gasteiger partial charge in [0, 0.05) is 16.1 Å². The number of benzene rings is 2. The molecule has 0 saturated heterocycles. The van der Waals surface area contributed by atoms with E-state index in [1.165, 1.54) is 0 Å². The van der Waals surface area contributed by atoms with Crippen LogP contribution in [0.25, 0.3) is 5.69 Å². The summed E-state index contributed by atoms with van der Waals surface area (Å²) in [5.41, 5.74) is 3.73. The summed E-state index contributed by atoms with van der Waals surface area (Å²) < 4.78 is 7.34. The number of thioether (sulfide) groups is 1. The highest BCUT2D eigenvalue weighted by molar-refractivity contribution is 8.00. The van der Waals surface area contributed by atoms with E-state index in [4.69, 9.17) is 21.4 Å². The third-order valence-corrected chi connectivity index (χ3v) is 6.00. The predicted molar refractivity (Wildman–Crippen MR) is 109 cm³/mol. The lowest BCUT2D eigenvalue weighted by Crippen LogP contribution is -2.15. The second kappa shape index (κ2) is 7.29. The largest absolute Gasteiger partial charge is 0.496 e. The Morgan fingerprint density at radius 3 is 2.70 bits per heavy atom.